The lowest BCUT2D eigenvalue weighted by Crippen LogP contribution is -2.62. The van der Waals surface area contributed by atoms with Gasteiger partial charge in [-0.3, -0.25) is 9.59 Å². The van der Waals surface area contributed by atoms with E-state index in [-0.39, 0.29) is 22.5 Å². The number of fused-ring (bicyclic) bond motifs is 5. The van der Waals surface area contributed by atoms with E-state index in [1.807, 2.05) is 0 Å². The van der Waals surface area contributed by atoms with E-state index in [1.54, 1.807) is 6.92 Å². The highest BCUT2D eigenvalue weighted by molar-refractivity contribution is 5.81. The highest BCUT2D eigenvalue weighted by atomic mass is 16.3. The van der Waals surface area contributed by atoms with Gasteiger partial charge in [0.15, 0.2) is 0 Å². The van der Waals surface area contributed by atoms with Gasteiger partial charge in [-0.2, -0.15) is 0 Å². The summed E-state index contributed by atoms with van der Waals surface area (Å²) in [6.45, 7) is 6.40. The van der Waals surface area contributed by atoms with Gasteiger partial charge in [-0.05, 0) is 75.0 Å². The number of carbonyl (C=O) groups excluding carboxylic acids is 2. The summed E-state index contributed by atoms with van der Waals surface area (Å²) in [6, 6.07) is 0. The highest BCUT2D eigenvalue weighted by Gasteiger charge is 2.64. The molecule has 3 heteroatoms. The summed E-state index contributed by atoms with van der Waals surface area (Å²) in [7, 11) is 0. The second kappa shape index (κ2) is 5.16. The Labute approximate surface area is 145 Å². The Bertz CT molecular complexity index is 584. The molecule has 0 amide bonds. The second-order valence-electron chi connectivity index (χ2n) is 9.87. The fourth-order valence-electron chi connectivity index (χ4n) is 7.71. The number of hydrogen-bond donors (Lipinski definition) is 1. The van der Waals surface area contributed by atoms with Gasteiger partial charge in [0, 0.05) is 24.2 Å². The van der Waals surface area contributed by atoms with Crippen molar-refractivity contribution in [1.82, 2.24) is 0 Å². The van der Waals surface area contributed by atoms with E-state index in [1.165, 1.54) is 6.42 Å². The maximum absolute atomic E-state index is 12.2. The van der Waals surface area contributed by atoms with E-state index < -0.39 is 5.60 Å². The lowest BCUT2D eigenvalue weighted by Gasteiger charge is -2.63. The van der Waals surface area contributed by atoms with Crippen LogP contribution in [-0.2, 0) is 9.59 Å². The quantitative estimate of drug-likeness (QED) is 0.792. The van der Waals surface area contributed by atoms with Crippen LogP contribution in [0.2, 0.25) is 0 Å². The average molecular weight is 332 g/mol. The molecule has 0 aromatic rings. The molecule has 0 aromatic heterocycles. The van der Waals surface area contributed by atoms with Crippen molar-refractivity contribution in [3.63, 3.8) is 0 Å². The van der Waals surface area contributed by atoms with Crippen LogP contribution >= 0.6 is 0 Å². The molecule has 0 saturated heterocycles. The van der Waals surface area contributed by atoms with Gasteiger partial charge < -0.3 is 5.11 Å². The molecule has 0 aliphatic heterocycles. The largest absolute Gasteiger partial charge is 0.389 e. The van der Waals surface area contributed by atoms with E-state index in [2.05, 4.69) is 13.8 Å². The van der Waals surface area contributed by atoms with Crippen LogP contribution in [0.15, 0.2) is 0 Å². The Balaban J connectivity index is 1.66. The fraction of sp³-hybridized carbons (Fsp3) is 0.905. The van der Waals surface area contributed by atoms with Gasteiger partial charge in [0.1, 0.15) is 11.6 Å². The van der Waals surface area contributed by atoms with Gasteiger partial charge in [0.2, 0.25) is 0 Å². The highest BCUT2D eigenvalue weighted by Crippen LogP contribution is 2.68. The summed E-state index contributed by atoms with van der Waals surface area (Å²) in [5.74, 6) is 2.64. The van der Waals surface area contributed by atoms with Gasteiger partial charge in [-0.25, -0.2) is 0 Å². The van der Waals surface area contributed by atoms with E-state index >= 15 is 0 Å². The van der Waals surface area contributed by atoms with Gasteiger partial charge in [0.05, 0.1) is 5.60 Å². The molecule has 4 aliphatic rings. The Hall–Kier alpha value is -0.700. The molecule has 0 spiro atoms. The lowest BCUT2D eigenvalue weighted by molar-refractivity contribution is -0.203. The minimum atomic E-state index is -0.782. The zero-order valence-corrected chi connectivity index (χ0v) is 15.4. The second-order valence-corrected chi connectivity index (χ2v) is 9.87. The van der Waals surface area contributed by atoms with Gasteiger partial charge in [0.25, 0.3) is 0 Å². The van der Waals surface area contributed by atoms with Crippen molar-refractivity contribution >= 4 is 11.6 Å². The number of Topliss-reactive ketones (excluding diaryl/α,β-unsaturated/α-hetero) is 2. The van der Waals surface area contributed by atoms with Crippen LogP contribution in [0.5, 0.6) is 0 Å². The number of aliphatic hydroxyl groups is 1. The van der Waals surface area contributed by atoms with Crippen molar-refractivity contribution in [3.05, 3.63) is 0 Å². The summed E-state index contributed by atoms with van der Waals surface area (Å²) >= 11 is 0. The first-order valence-electron chi connectivity index (χ1n) is 9.96. The minimum absolute atomic E-state index is 0.112. The zero-order chi connectivity index (χ0) is 17.3. The van der Waals surface area contributed by atoms with Crippen LogP contribution < -0.4 is 0 Å². The van der Waals surface area contributed by atoms with Gasteiger partial charge in [-0.1, -0.05) is 13.8 Å². The van der Waals surface area contributed by atoms with Crippen molar-refractivity contribution in [2.45, 2.75) is 84.2 Å². The fourth-order valence-corrected chi connectivity index (χ4v) is 7.71. The van der Waals surface area contributed by atoms with Crippen LogP contribution in [0.25, 0.3) is 0 Å². The van der Waals surface area contributed by atoms with Crippen LogP contribution in [0.1, 0.15) is 78.6 Å². The van der Waals surface area contributed by atoms with E-state index in [9.17, 15) is 14.7 Å². The van der Waals surface area contributed by atoms with Crippen molar-refractivity contribution in [3.8, 4) is 0 Å². The predicted octanol–water partition coefficient (Wildman–Crippen LogP) is 3.92. The smallest absolute Gasteiger partial charge is 0.135 e. The van der Waals surface area contributed by atoms with Gasteiger partial charge >= 0.3 is 0 Å². The molecule has 0 bridgehead atoms. The summed E-state index contributed by atoms with van der Waals surface area (Å²) in [6.07, 6.45) is 8.13. The maximum Gasteiger partial charge on any atom is 0.135 e. The number of hydrogen-bond acceptors (Lipinski definition) is 3. The molecule has 0 heterocycles. The molecule has 3 nitrogen and oxygen atoms in total. The number of ketones is 2. The third-order valence-corrected chi connectivity index (χ3v) is 9.11. The monoisotopic (exact) mass is 332 g/mol. The van der Waals surface area contributed by atoms with E-state index in [4.69, 9.17) is 0 Å². The predicted molar refractivity (Wildman–Crippen MR) is 92.4 cm³/mol. The SMILES string of the molecule is CC(=O)[C@H]1CC[C@H]2[C@@H]3CC[C@@]4(O)CC(=O)CC[C@]4(C)[C@H]3CC[C@]12C. The first-order chi connectivity index (χ1) is 11.2. The molecule has 0 aromatic carbocycles. The third kappa shape index (κ3) is 2.00. The van der Waals surface area contributed by atoms with Crippen molar-refractivity contribution in [2.75, 3.05) is 0 Å². The first-order valence-corrected chi connectivity index (χ1v) is 9.96. The maximum atomic E-state index is 12.2. The normalized spacial score (nSPS) is 53.9. The van der Waals surface area contributed by atoms with E-state index in [0.717, 1.165) is 38.5 Å². The Morgan fingerprint density at radius 1 is 1.04 bits per heavy atom. The van der Waals surface area contributed by atoms with Gasteiger partial charge in [-0.15, -0.1) is 0 Å². The molecule has 4 rings (SSSR count). The van der Waals surface area contributed by atoms with Crippen LogP contribution in [-0.4, -0.2) is 22.3 Å². The molecule has 24 heavy (non-hydrogen) atoms. The topological polar surface area (TPSA) is 54.4 Å². The average Bonchev–Trinajstić information content (AvgIpc) is 2.86. The van der Waals surface area contributed by atoms with Crippen molar-refractivity contribution < 1.29 is 14.7 Å². The molecule has 0 unspecified atom stereocenters. The Morgan fingerprint density at radius 2 is 1.79 bits per heavy atom. The summed E-state index contributed by atoms with van der Waals surface area (Å²) in [4.78, 5) is 24.1. The Kier molecular flexibility index (Phi) is 3.60. The Morgan fingerprint density at radius 3 is 2.50 bits per heavy atom. The standard InChI is InChI=1S/C21H32O3/c1-13(22)16-4-5-17-15-7-11-21(24)12-14(23)6-10-20(21,3)18(15)8-9-19(16,17)2/h15-18,24H,4-12H2,1-3H3/t15-,16+,17-,18-,19+,20+,21+/m0/s1. The molecule has 7 atom stereocenters. The molecular formula is C21H32O3. The molecular weight excluding hydrogens is 300 g/mol. The van der Waals surface area contributed by atoms with Crippen LogP contribution in [0, 0.1) is 34.5 Å². The third-order valence-electron chi connectivity index (χ3n) is 9.11. The molecule has 1 N–H and O–H groups in total. The summed E-state index contributed by atoms with van der Waals surface area (Å²) < 4.78 is 0. The van der Waals surface area contributed by atoms with Crippen LogP contribution in [0.3, 0.4) is 0 Å². The molecule has 134 valence electrons. The molecule has 4 saturated carbocycles. The summed E-state index contributed by atoms with van der Waals surface area (Å²) in [5.41, 5.74) is -0.724. The van der Waals surface area contributed by atoms with E-state index in [0.29, 0.717) is 36.4 Å². The minimum Gasteiger partial charge on any atom is -0.389 e. The van der Waals surface area contributed by atoms with Crippen LogP contribution in [0.4, 0.5) is 0 Å². The zero-order valence-electron chi connectivity index (χ0n) is 15.4. The molecule has 4 aliphatic carbocycles. The van der Waals surface area contributed by atoms with Crippen molar-refractivity contribution in [2.24, 2.45) is 34.5 Å². The number of carbonyl (C=O) groups is 2. The molecule has 0 radical (unpaired) electrons. The lowest BCUT2D eigenvalue weighted by atomic mass is 9.43. The molecule has 4 fully saturated rings. The van der Waals surface area contributed by atoms with Crippen molar-refractivity contribution in [1.29, 1.82) is 0 Å². The summed E-state index contributed by atoms with van der Waals surface area (Å²) in [5, 5.41) is 11.3. The first kappa shape index (κ1) is 16.8. The number of rotatable bonds is 1.